The SMILES string of the molecule is CCC(C)C[C@H](C(=O)O)c1c(C)n(C(=O)c2cccc(F)c2)c2cc(F)c(O)cc12. The Hall–Kier alpha value is -3.22. The van der Waals surface area contributed by atoms with Crippen LogP contribution in [-0.4, -0.2) is 26.7 Å². The van der Waals surface area contributed by atoms with E-state index >= 15 is 0 Å². The number of halogens is 2. The van der Waals surface area contributed by atoms with Crippen molar-refractivity contribution >= 4 is 22.8 Å². The van der Waals surface area contributed by atoms with Gasteiger partial charge in [-0.25, -0.2) is 8.78 Å². The highest BCUT2D eigenvalue weighted by atomic mass is 19.1. The summed E-state index contributed by atoms with van der Waals surface area (Å²) in [5, 5.41) is 20.1. The van der Waals surface area contributed by atoms with E-state index in [1.807, 2.05) is 13.8 Å². The molecule has 1 aromatic heterocycles. The van der Waals surface area contributed by atoms with Crippen LogP contribution >= 0.6 is 0 Å². The molecule has 0 fully saturated rings. The molecule has 0 aliphatic carbocycles. The van der Waals surface area contributed by atoms with Gasteiger partial charge in [-0.15, -0.1) is 0 Å². The van der Waals surface area contributed by atoms with Gasteiger partial charge in [-0.1, -0.05) is 26.3 Å². The molecule has 3 rings (SSSR count). The zero-order chi connectivity index (χ0) is 22.2. The molecule has 1 heterocycles. The monoisotopic (exact) mass is 415 g/mol. The largest absolute Gasteiger partial charge is 0.505 e. The fourth-order valence-electron chi connectivity index (χ4n) is 3.81. The molecule has 0 saturated carbocycles. The molecular formula is C23H23F2NO4. The van der Waals surface area contributed by atoms with Crippen LogP contribution in [0.4, 0.5) is 8.78 Å². The number of aromatic hydroxyl groups is 1. The second-order valence-corrected chi connectivity index (χ2v) is 7.61. The molecule has 1 unspecified atom stereocenters. The molecular weight excluding hydrogens is 392 g/mol. The molecule has 2 atom stereocenters. The van der Waals surface area contributed by atoms with Gasteiger partial charge < -0.3 is 10.2 Å². The van der Waals surface area contributed by atoms with Crippen molar-refractivity contribution in [3.05, 3.63) is 64.9 Å². The average molecular weight is 415 g/mol. The molecule has 5 nitrogen and oxygen atoms in total. The zero-order valence-electron chi connectivity index (χ0n) is 16.9. The van der Waals surface area contributed by atoms with Gasteiger partial charge >= 0.3 is 5.97 Å². The topological polar surface area (TPSA) is 79.5 Å². The quantitative estimate of drug-likeness (QED) is 0.578. The van der Waals surface area contributed by atoms with Gasteiger partial charge in [0, 0.05) is 22.7 Å². The Kier molecular flexibility index (Phi) is 5.92. The van der Waals surface area contributed by atoms with Gasteiger partial charge in [0.25, 0.3) is 5.91 Å². The highest BCUT2D eigenvalue weighted by molar-refractivity contribution is 6.05. The van der Waals surface area contributed by atoms with Crippen LogP contribution in [0.5, 0.6) is 5.75 Å². The number of hydrogen-bond acceptors (Lipinski definition) is 3. The van der Waals surface area contributed by atoms with E-state index in [0.29, 0.717) is 17.7 Å². The number of aromatic nitrogens is 1. The number of aliphatic carboxylic acids is 1. The zero-order valence-corrected chi connectivity index (χ0v) is 16.9. The van der Waals surface area contributed by atoms with Crippen LogP contribution in [0.2, 0.25) is 0 Å². The Balaban J connectivity index is 2.31. The minimum atomic E-state index is -1.07. The number of carbonyl (C=O) groups is 2. The Morgan fingerprint density at radius 3 is 2.47 bits per heavy atom. The summed E-state index contributed by atoms with van der Waals surface area (Å²) in [4.78, 5) is 25.3. The number of fused-ring (bicyclic) bond motifs is 1. The van der Waals surface area contributed by atoms with Gasteiger partial charge in [0.2, 0.25) is 0 Å². The van der Waals surface area contributed by atoms with Crippen LogP contribution in [0.15, 0.2) is 36.4 Å². The molecule has 0 saturated heterocycles. The van der Waals surface area contributed by atoms with E-state index in [0.717, 1.165) is 24.6 Å². The highest BCUT2D eigenvalue weighted by Crippen LogP contribution is 2.38. The number of hydrogen-bond donors (Lipinski definition) is 2. The minimum Gasteiger partial charge on any atom is -0.505 e. The van der Waals surface area contributed by atoms with Gasteiger partial charge in [-0.3, -0.25) is 14.2 Å². The van der Waals surface area contributed by atoms with Crippen LogP contribution in [0.25, 0.3) is 10.9 Å². The number of phenols is 1. The standard InChI is InChI=1S/C23H23F2NO4/c1-4-12(2)8-17(23(29)30)21-13(3)26(19-11-18(25)20(27)10-16(19)21)22(28)14-6-5-7-15(24)9-14/h5-7,9-12,17,27H,4,8H2,1-3H3,(H,29,30)/t12?,17-/m0/s1. The molecule has 2 aromatic carbocycles. The molecule has 7 heteroatoms. The molecule has 3 aromatic rings. The van der Waals surface area contributed by atoms with Crippen LogP contribution in [0, 0.1) is 24.5 Å². The van der Waals surface area contributed by atoms with E-state index in [-0.39, 0.29) is 22.4 Å². The van der Waals surface area contributed by atoms with Gasteiger partial charge in [0.15, 0.2) is 11.6 Å². The Morgan fingerprint density at radius 2 is 1.87 bits per heavy atom. The van der Waals surface area contributed by atoms with E-state index in [9.17, 15) is 28.6 Å². The lowest BCUT2D eigenvalue weighted by atomic mass is 9.87. The van der Waals surface area contributed by atoms with Gasteiger partial charge in [0.05, 0.1) is 11.4 Å². The molecule has 0 spiro atoms. The maximum Gasteiger partial charge on any atom is 0.311 e. The van der Waals surface area contributed by atoms with Crippen molar-refractivity contribution in [1.82, 2.24) is 4.57 Å². The summed E-state index contributed by atoms with van der Waals surface area (Å²) in [6, 6.07) is 7.24. The van der Waals surface area contributed by atoms with Crippen LogP contribution in [0.3, 0.4) is 0 Å². The van der Waals surface area contributed by atoms with Gasteiger partial charge in [0.1, 0.15) is 5.82 Å². The predicted molar refractivity (Wildman–Crippen MR) is 109 cm³/mol. The van der Waals surface area contributed by atoms with E-state index in [1.54, 1.807) is 6.92 Å². The van der Waals surface area contributed by atoms with E-state index in [4.69, 9.17) is 0 Å². The van der Waals surface area contributed by atoms with Crippen molar-refractivity contribution in [2.45, 2.75) is 39.5 Å². The van der Waals surface area contributed by atoms with E-state index < -0.39 is 35.2 Å². The summed E-state index contributed by atoms with van der Waals surface area (Å²) < 4.78 is 29.0. The Morgan fingerprint density at radius 1 is 1.17 bits per heavy atom. The number of carboxylic acids is 1. The molecule has 0 radical (unpaired) electrons. The lowest BCUT2D eigenvalue weighted by Gasteiger charge is -2.17. The Labute approximate surface area is 172 Å². The first-order chi connectivity index (χ1) is 14.1. The summed E-state index contributed by atoms with van der Waals surface area (Å²) in [6.07, 6.45) is 1.08. The van der Waals surface area contributed by atoms with E-state index in [2.05, 4.69) is 0 Å². The lowest BCUT2D eigenvalue weighted by Crippen LogP contribution is -2.18. The number of nitrogens with zero attached hydrogens (tertiary/aromatic N) is 1. The first-order valence-electron chi connectivity index (χ1n) is 9.72. The fraction of sp³-hybridized carbons (Fsp3) is 0.304. The van der Waals surface area contributed by atoms with Gasteiger partial charge in [-0.05, 0) is 49.1 Å². The van der Waals surface area contributed by atoms with Crippen LogP contribution in [0.1, 0.15) is 54.2 Å². The maximum atomic E-state index is 14.2. The first-order valence-corrected chi connectivity index (χ1v) is 9.72. The lowest BCUT2D eigenvalue weighted by molar-refractivity contribution is -0.139. The third-order valence-electron chi connectivity index (χ3n) is 5.58. The van der Waals surface area contributed by atoms with Crippen LogP contribution in [-0.2, 0) is 4.79 Å². The van der Waals surface area contributed by atoms with Crippen molar-refractivity contribution in [2.24, 2.45) is 5.92 Å². The molecule has 2 N–H and O–H groups in total. The first kappa shape index (κ1) is 21.5. The number of benzene rings is 2. The number of carboxylic acid groups (broad SMARTS) is 1. The summed E-state index contributed by atoms with van der Waals surface area (Å²) >= 11 is 0. The second-order valence-electron chi connectivity index (χ2n) is 7.61. The summed E-state index contributed by atoms with van der Waals surface area (Å²) in [7, 11) is 0. The maximum absolute atomic E-state index is 14.2. The Bertz CT molecular complexity index is 1140. The number of carbonyl (C=O) groups excluding carboxylic acids is 1. The van der Waals surface area contributed by atoms with Gasteiger partial charge in [-0.2, -0.15) is 0 Å². The summed E-state index contributed by atoms with van der Waals surface area (Å²) in [5.74, 6) is -4.70. The van der Waals surface area contributed by atoms with Crippen molar-refractivity contribution in [3.8, 4) is 5.75 Å². The van der Waals surface area contributed by atoms with Crippen molar-refractivity contribution in [2.75, 3.05) is 0 Å². The molecule has 0 aliphatic heterocycles. The average Bonchev–Trinajstić information content (AvgIpc) is 2.96. The molecule has 30 heavy (non-hydrogen) atoms. The second kappa shape index (κ2) is 8.26. The third-order valence-corrected chi connectivity index (χ3v) is 5.58. The van der Waals surface area contributed by atoms with Crippen LogP contribution < -0.4 is 0 Å². The fourth-order valence-corrected chi connectivity index (χ4v) is 3.81. The molecule has 158 valence electrons. The minimum absolute atomic E-state index is 0.0452. The number of rotatable bonds is 6. The number of phenolic OH excluding ortho intramolecular Hbond substituents is 1. The normalized spacial score (nSPS) is 13.4. The summed E-state index contributed by atoms with van der Waals surface area (Å²) in [5.41, 5.74) is 0.837. The molecule has 0 amide bonds. The molecule has 0 bridgehead atoms. The van der Waals surface area contributed by atoms with Crippen molar-refractivity contribution < 1.29 is 28.6 Å². The summed E-state index contributed by atoms with van der Waals surface area (Å²) in [6.45, 7) is 5.46. The highest BCUT2D eigenvalue weighted by Gasteiger charge is 2.31. The van der Waals surface area contributed by atoms with E-state index in [1.165, 1.54) is 22.8 Å². The van der Waals surface area contributed by atoms with Crippen molar-refractivity contribution in [1.29, 1.82) is 0 Å². The smallest absolute Gasteiger partial charge is 0.311 e. The molecule has 0 aliphatic rings. The predicted octanol–water partition coefficient (Wildman–Crippen LogP) is 5.23. The third kappa shape index (κ3) is 3.79. The van der Waals surface area contributed by atoms with Crippen molar-refractivity contribution in [3.63, 3.8) is 0 Å².